The first-order valence-corrected chi connectivity index (χ1v) is 12.5. The Morgan fingerprint density at radius 2 is 2.16 bits per heavy atom. The van der Waals surface area contributed by atoms with Crippen molar-refractivity contribution in [3.63, 3.8) is 0 Å². The third-order valence-corrected chi connectivity index (χ3v) is 7.98. The number of benzene rings is 1. The van der Waals surface area contributed by atoms with E-state index in [4.69, 9.17) is 9.84 Å². The Morgan fingerprint density at radius 3 is 2.87 bits per heavy atom. The molecule has 1 aromatic carbocycles. The number of ether oxygens (including phenoxy) is 1. The van der Waals surface area contributed by atoms with E-state index in [1.807, 2.05) is 24.3 Å². The molecule has 0 aliphatic heterocycles. The molecule has 6 heteroatoms. The summed E-state index contributed by atoms with van der Waals surface area (Å²) < 4.78 is 6.87. The van der Waals surface area contributed by atoms with Gasteiger partial charge in [-0.15, -0.1) is 0 Å². The van der Waals surface area contributed by atoms with Crippen molar-refractivity contribution in [3.8, 4) is 5.75 Å². The Hall–Kier alpha value is -1.12. The number of nitrogens with one attached hydrogen (secondary N) is 1. The second kappa shape index (κ2) is 11.1. The maximum absolute atomic E-state index is 10.6. The molecule has 0 radical (unpaired) electrons. The molecular weight excluding hydrogens is 505 g/mol. The van der Waals surface area contributed by atoms with Gasteiger partial charge in [-0.25, -0.2) is 0 Å². The van der Waals surface area contributed by atoms with E-state index < -0.39 is 12.1 Å². The fourth-order valence-corrected chi connectivity index (χ4v) is 5.86. The standard InChI is InChI=1S/C25H36INO4/c1-25(2)17-12-22(25)21(10-5-3-4-6-11-24(29)30)23(13-17)27-15-19(28)16-31-20-9-7-8-18(26)14-20/h3,5,7-9,14,17,19,21-23,27-28H,4,6,10-13,15-16H2,1-2H3,(H,29,30)/b5-3-/t17-,19+,21+,22+,23+/m1/s1. The number of aliphatic hydroxyl groups excluding tert-OH is 1. The van der Waals surface area contributed by atoms with Crippen LogP contribution >= 0.6 is 22.6 Å². The van der Waals surface area contributed by atoms with Crippen molar-refractivity contribution in [2.24, 2.45) is 23.2 Å². The van der Waals surface area contributed by atoms with Gasteiger partial charge in [0.25, 0.3) is 0 Å². The van der Waals surface area contributed by atoms with Gasteiger partial charge in [-0.2, -0.15) is 0 Å². The van der Waals surface area contributed by atoms with Crippen molar-refractivity contribution in [3.05, 3.63) is 40.0 Å². The Morgan fingerprint density at radius 1 is 1.35 bits per heavy atom. The normalized spacial score (nSPS) is 27.6. The lowest BCUT2D eigenvalue weighted by molar-refractivity contribution is -0.137. The zero-order chi connectivity index (χ0) is 22.4. The number of allylic oxidation sites excluding steroid dienone is 2. The zero-order valence-electron chi connectivity index (χ0n) is 18.6. The van der Waals surface area contributed by atoms with Gasteiger partial charge in [-0.1, -0.05) is 32.1 Å². The Balaban J connectivity index is 1.47. The van der Waals surface area contributed by atoms with Crippen LogP contribution in [0.25, 0.3) is 0 Å². The van der Waals surface area contributed by atoms with Gasteiger partial charge in [0.15, 0.2) is 0 Å². The molecule has 0 spiro atoms. The predicted octanol–water partition coefficient (Wildman–Crippen LogP) is 4.87. The summed E-state index contributed by atoms with van der Waals surface area (Å²) >= 11 is 2.25. The zero-order valence-corrected chi connectivity index (χ0v) is 20.8. The van der Waals surface area contributed by atoms with E-state index in [-0.39, 0.29) is 13.0 Å². The Kier molecular flexibility index (Phi) is 8.82. The molecule has 1 aromatic rings. The molecule has 0 amide bonds. The lowest BCUT2D eigenvalue weighted by atomic mass is 9.44. The second-order valence-corrected chi connectivity index (χ2v) is 10.9. The fourth-order valence-electron chi connectivity index (χ4n) is 5.35. The third kappa shape index (κ3) is 6.68. The smallest absolute Gasteiger partial charge is 0.303 e. The van der Waals surface area contributed by atoms with E-state index in [1.165, 1.54) is 6.42 Å². The summed E-state index contributed by atoms with van der Waals surface area (Å²) in [6, 6.07) is 8.26. The number of fused-ring (bicyclic) bond motifs is 2. The minimum atomic E-state index is -0.725. The van der Waals surface area contributed by atoms with Gasteiger partial charge in [0.1, 0.15) is 18.5 Å². The van der Waals surface area contributed by atoms with Gasteiger partial charge < -0.3 is 20.3 Å². The maximum atomic E-state index is 10.6. The van der Waals surface area contributed by atoms with Gasteiger partial charge >= 0.3 is 5.97 Å². The molecule has 31 heavy (non-hydrogen) atoms. The highest BCUT2D eigenvalue weighted by Gasteiger charge is 2.56. The van der Waals surface area contributed by atoms with Crippen LogP contribution < -0.4 is 10.1 Å². The number of carboxylic acids is 1. The molecule has 0 aromatic heterocycles. The quantitative estimate of drug-likeness (QED) is 0.200. The monoisotopic (exact) mass is 541 g/mol. The molecular formula is C25H36INO4. The van der Waals surface area contributed by atoms with Crippen LogP contribution in [-0.4, -0.2) is 41.5 Å². The van der Waals surface area contributed by atoms with Crippen LogP contribution in [0.2, 0.25) is 0 Å². The third-order valence-electron chi connectivity index (χ3n) is 7.31. The van der Waals surface area contributed by atoms with Crippen LogP contribution in [0.5, 0.6) is 5.75 Å². The number of unbranched alkanes of at least 4 members (excludes halogenated alkanes) is 1. The molecule has 3 aliphatic carbocycles. The van der Waals surface area contributed by atoms with E-state index in [2.05, 4.69) is 53.9 Å². The number of halogens is 1. The van der Waals surface area contributed by atoms with Crippen molar-refractivity contribution < 1.29 is 19.7 Å². The summed E-state index contributed by atoms with van der Waals surface area (Å²) in [7, 11) is 0. The van der Waals surface area contributed by atoms with E-state index in [0.717, 1.165) is 34.5 Å². The number of aliphatic hydroxyl groups is 1. The molecule has 0 unspecified atom stereocenters. The van der Waals surface area contributed by atoms with Crippen LogP contribution in [0, 0.1) is 26.7 Å². The van der Waals surface area contributed by atoms with E-state index >= 15 is 0 Å². The summed E-state index contributed by atoms with van der Waals surface area (Å²) in [5, 5.41) is 22.8. The molecule has 2 bridgehead atoms. The number of hydrogen-bond donors (Lipinski definition) is 3. The highest BCUT2D eigenvalue weighted by Crippen LogP contribution is 2.62. The molecule has 3 fully saturated rings. The van der Waals surface area contributed by atoms with Crippen LogP contribution in [0.4, 0.5) is 0 Å². The lowest BCUT2D eigenvalue weighted by Crippen LogP contribution is -2.61. The highest BCUT2D eigenvalue weighted by molar-refractivity contribution is 14.1. The maximum Gasteiger partial charge on any atom is 0.303 e. The minimum absolute atomic E-state index is 0.234. The molecule has 172 valence electrons. The summed E-state index contributed by atoms with van der Waals surface area (Å²) in [4.78, 5) is 10.6. The average molecular weight is 541 g/mol. The summed E-state index contributed by atoms with van der Waals surface area (Å²) in [5.74, 6) is 2.08. The molecule has 5 atom stereocenters. The van der Waals surface area contributed by atoms with Crippen LogP contribution in [0.3, 0.4) is 0 Å². The summed E-state index contributed by atoms with van der Waals surface area (Å²) in [5.41, 5.74) is 0.395. The average Bonchev–Trinajstić information content (AvgIpc) is 2.73. The highest BCUT2D eigenvalue weighted by atomic mass is 127. The van der Waals surface area contributed by atoms with Gasteiger partial charge in [0, 0.05) is 22.6 Å². The first-order valence-electron chi connectivity index (χ1n) is 11.4. The number of carboxylic acid groups (broad SMARTS) is 1. The number of rotatable bonds is 12. The first kappa shape index (κ1) is 24.5. The number of aliphatic carboxylic acids is 1. The predicted molar refractivity (Wildman–Crippen MR) is 131 cm³/mol. The van der Waals surface area contributed by atoms with Gasteiger partial charge in [0.05, 0.1) is 0 Å². The second-order valence-electron chi connectivity index (χ2n) is 9.69. The number of hydrogen-bond acceptors (Lipinski definition) is 4. The minimum Gasteiger partial charge on any atom is -0.491 e. The molecule has 3 N–H and O–H groups in total. The van der Waals surface area contributed by atoms with Crippen molar-refractivity contribution in [2.45, 2.75) is 64.5 Å². The molecule has 4 rings (SSSR count). The summed E-state index contributed by atoms with van der Waals surface area (Å²) in [6.45, 7) is 5.62. The molecule has 0 heterocycles. The fraction of sp³-hybridized carbons (Fsp3) is 0.640. The van der Waals surface area contributed by atoms with Crippen molar-refractivity contribution in [1.29, 1.82) is 0 Å². The molecule has 3 aliphatic rings. The topological polar surface area (TPSA) is 78.8 Å². The molecule has 0 saturated heterocycles. The van der Waals surface area contributed by atoms with Crippen LogP contribution in [0.15, 0.2) is 36.4 Å². The van der Waals surface area contributed by atoms with Gasteiger partial charge in [-0.05, 0) is 96.1 Å². The van der Waals surface area contributed by atoms with Crippen molar-refractivity contribution in [1.82, 2.24) is 5.32 Å². The van der Waals surface area contributed by atoms with Gasteiger partial charge in [0.2, 0.25) is 0 Å². The lowest BCUT2D eigenvalue weighted by Gasteiger charge is -2.63. The van der Waals surface area contributed by atoms with Gasteiger partial charge in [-0.3, -0.25) is 4.79 Å². The van der Waals surface area contributed by atoms with Crippen molar-refractivity contribution >= 4 is 28.6 Å². The number of carbonyl (C=O) groups is 1. The largest absolute Gasteiger partial charge is 0.491 e. The van der Waals surface area contributed by atoms with E-state index in [0.29, 0.717) is 36.3 Å². The SMILES string of the molecule is CC1(C)[C@H]2C[C@H](NC[C@H](O)COc3cccc(I)c3)[C@@H](C/C=C\CCCC(=O)O)[C@@H]1C2. The molecule has 5 nitrogen and oxygen atoms in total. The van der Waals surface area contributed by atoms with Crippen LogP contribution in [-0.2, 0) is 4.79 Å². The first-order chi connectivity index (χ1) is 14.8. The Bertz CT molecular complexity index is 766. The van der Waals surface area contributed by atoms with E-state index in [9.17, 15) is 9.90 Å². The molecule has 3 saturated carbocycles. The Labute approximate surface area is 199 Å². The van der Waals surface area contributed by atoms with Crippen LogP contribution in [0.1, 0.15) is 52.4 Å². The van der Waals surface area contributed by atoms with Crippen molar-refractivity contribution in [2.75, 3.05) is 13.2 Å². The van der Waals surface area contributed by atoms with E-state index in [1.54, 1.807) is 0 Å². The summed E-state index contributed by atoms with van der Waals surface area (Å²) in [6.07, 6.45) is 9.07.